The smallest absolute Gasteiger partial charge is 0.340 e. The number of benzene rings is 2. The Morgan fingerprint density at radius 2 is 1.62 bits per heavy atom. The number of anilines is 2. The van der Waals surface area contributed by atoms with E-state index in [9.17, 15) is 14.4 Å². The zero-order valence-electron chi connectivity index (χ0n) is 17.6. The zero-order valence-corrected chi connectivity index (χ0v) is 17.6. The van der Waals surface area contributed by atoms with Crippen molar-refractivity contribution in [3.05, 3.63) is 59.7 Å². The van der Waals surface area contributed by atoms with Crippen molar-refractivity contribution < 1.29 is 19.1 Å². The molecule has 0 aliphatic carbocycles. The Hall–Kier alpha value is -3.15. The topological polar surface area (TPSA) is 75.7 Å². The molecule has 6 heteroatoms. The third-order valence-corrected chi connectivity index (χ3v) is 4.42. The number of rotatable bonds is 6. The van der Waals surface area contributed by atoms with E-state index in [1.165, 1.54) is 11.8 Å². The normalized spacial score (nSPS) is 10.9. The van der Waals surface area contributed by atoms with Gasteiger partial charge in [0.15, 0.2) is 0 Å². The van der Waals surface area contributed by atoms with E-state index in [0.717, 1.165) is 5.56 Å². The van der Waals surface area contributed by atoms with Gasteiger partial charge in [0.2, 0.25) is 11.8 Å². The second-order valence-corrected chi connectivity index (χ2v) is 7.72. The minimum absolute atomic E-state index is 0.00618. The Kier molecular flexibility index (Phi) is 7.15. The number of carbonyl (C=O) groups is 3. The molecule has 0 unspecified atom stereocenters. The lowest BCUT2D eigenvalue weighted by Gasteiger charge is -2.23. The van der Waals surface area contributed by atoms with E-state index in [0.29, 0.717) is 11.4 Å². The average Bonchev–Trinajstić information content (AvgIpc) is 2.66. The van der Waals surface area contributed by atoms with Gasteiger partial charge in [0, 0.05) is 12.6 Å². The highest BCUT2D eigenvalue weighted by molar-refractivity contribution is 6.05. The van der Waals surface area contributed by atoms with Gasteiger partial charge in [-0.1, -0.05) is 45.0 Å². The Labute approximate surface area is 171 Å². The van der Waals surface area contributed by atoms with Crippen molar-refractivity contribution in [3.8, 4) is 0 Å². The van der Waals surface area contributed by atoms with E-state index in [1.54, 1.807) is 31.2 Å². The molecule has 0 atom stereocenters. The standard InChI is InChI=1S/C23H28N2O4/c1-6-29-22(28)19-9-7-8-10-20(19)24-21(27)15-25(16(2)26)18-13-11-17(12-14-18)23(3,4)5/h7-14H,6,15H2,1-5H3,(H,24,27). The van der Waals surface area contributed by atoms with Crippen molar-refractivity contribution in [3.63, 3.8) is 0 Å². The number of hydrogen-bond donors (Lipinski definition) is 1. The lowest BCUT2D eigenvalue weighted by Crippen LogP contribution is -2.37. The van der Waals surface area contributed by atoms with Crippen molar-refractivity contribution in [2.75, 3.05) is 23.4 Å². The van der Waals surface area contributed by atoms with E-state index < -0.39 is 11.9 Å². The molecule has 154 valence electrons. The summed E-state index contributed by atoms with van der Waals surface area (Å²) in [7, 11) is 0. The van der Waals surface area contributed by atoms with E-state index in [-0.39, 0.29) is 30.0 Å². The summed E-state index contributed by atoms with van der Waals surface area (Å²) in [6.07, 6.45) is 0. The van der Waals surface area contributed by atoms with Crippen molar-refractivity contribution in [2.24, 2.45) is 0 Å². The Morgan fingerprint density at radius 3 is 2.17 bits per heavy atom. The van der Waals surface area contributed by atoms with Gasteiger partial charge >= 0.3 is 5.97 Å². The van der Waals surface area contributed by atoms with Gasteiger partial charge in [-0.3, -0.25) is 9.59 Å². The van der Waals surface area contributed by atoms with Crippen LogP contribution in [0.4, 0.5) is 11.4 Å². The van der Waals surface area contributed by atoms with Gasteiger partial charge < -0.3 is 15.0 Å². The lowest BCUT2D eigenvalue weighted by atomic mass is 9.87. The molecule has 0 aliphatic heterocycles. The predicted molar refractivity (Wildman–Crippen MR) is 114 cm³/mol. The molecule has 1 N–H and O–H groups in total. The zero-order chi connectivity index (χ0) is 21.6. The first-order valence-electron chi connectivity index (χ1n) is 9.58. The SMILES string of the molecule is CCOC(=O)c1ccccc1NC(=O)CN(C(C)=O)c1ccc(C(C)(C)C)cc1. The number of ether oxygens (including phenoxy) is 1. The highest BCUT2D eigenvalue weighted by Crippen LogP contribution is 2.25. The van der Waals surface area contributed by atoms with Gasteiger partial charge in [-0.05, 0) is 42.2 Å². The third kappa shape index (κ3) is 5.91. The fourth-order valence-corrected chi connectivity index (χ4v) is 2.84. The van der Waals surface area contributed by atoms with Crippen LogP contribution in [0.15, 0.2) is 48.5 Å². The van der Waals surface area contributed by atoms with Crippen LogP contribution in [0.2, 0.25) is 0 Å². The molecule has 2 amide bonds. The molecule has 2 aromatic carbocycles. The van der Waals surface area contributed by atoms with Crippen molar-refractivity contribution in [1.82, 2.24) is 0 Å². The molecule has 0 heterocycles. The average molecular weight is 396 g/mol. The second kappa shape index (κ2) is 9.37. The second-order valence-electron chi connectivity index (χ2n) is 7.72. The molecule has 0 aromatic heterocycles. The van der Waals surface area contributed by atoms with Crippen LogP contribution in [0.5, 0.6) is 0 Å². The number of carbonyl (C=O) groups excluding carboxylic acids is 3. The molecular weight excluding hydrogens is 368 g/mol. The van der Waals surface area contributed by atoms with E-state index in [1.807, 2.05) is 24.3 Å². The van der Waals surface area contributed by atoms with Crippen LogP contribution in [-0.2, 0) is 19.7 Å². The van der Waals surface area contributed by atoms with Crippen molar-refractivity contribution >= 4 is 29.2 Å². The summed E-state index contributed by atoms with van der Waals surface area (Å²) in [5, 5.41) is 2.71. The maximum absolute atomic E-state index is 12.6. The molecule has 0 saturated heterocycles. The molecule has 2 aromatic rings. The molecule has 2 rings (SSSR count). The summed E-state index contributed by atoms with van der Waals surface area (Å²) in [6, 6.07) is 14.2. The van der Waals surface area contributed by atoms with Crippen LogP contribution in [0.1, 0.15) is 50.5 Å². The summed E-state index contributed by atoms with van der Waals surface area (Å²) in [5.41, 5.74) is 2.39. The molecule has 0 aliphatic rings. The van der Waals surface area contributed by atoms with Crippen LogP contribution < -0.4 is 10.2 Å². The van der Waals surface area contributed by atoms with Crippen molar-refractivity contribution in [1.29, 1.82) is 0 Å². The van der Waals surface area contributed by atoms with Gasteiger partial charge in [-0.2, -0.15) is 0 Å². The monoisotopic (exact) mass is 396 g/mol. The molecule has 0 fully saturated rings. The first-order chi connectivity index (χ1) is 13.6. The number of para-hydroxylation sites is 1. The minimum atomic E-state index is -0.510. The van der Waals surface area contributed by atoms with Gasteiger partial charge in [-0.15, -0.1) is 0 Å². The van der Waals surface area contributed by atoms with Crippen LogP contribution in [-0.4, -0.2) is 30.9 Å². The van der Waals surface area contributed by atoms with Crippen LogP contribution in [0.25, 0.3) is 0 Å². The molecule has 29 heavy (non-hydrogen) atoms. The van der Waals surface area contributed by atoms with Gasteiger partial charge in [-0.25, -0.2) is 4.79 Å². The minimum Gasteiger partial charge on any atom is -0.462 e. The Bertz CT molecular complexity index is 882. The highest BCUT2D eigenvalue weighted by atomic mass is 16.5. The fourth-order valence-electron chi connectivity index (χ4n) is 2.84. The molecule has 0 saturated carbocycles. The van der Waals surface area contributed by atoms with Crippen LogP contribution >= 0.6 is 0 Å². The van der Waals surface area contributed by atoms with Crippen LogP contribution in [0, 0.1) is 0 Å². The highest BCUT2D eigenvalue weighted by Gasteiger charge is 2.20. The van der Waals surface area contributed by atoms with Gasteiger partial charge in [0.05, 0.1) is 17.9 Å². The molecule has 0 spiro atoms. The fraction of sp³-hybridized carbons (Fsp3) is 0.348. The number of hydrogen-bond acceptors (Lipinski definition) is 4. The van der Waals surface area contributed by atoms with Crippen molar-refractivity contribution in [2.45, 2.75) is 40.0 Å². The number of esters is 1. The number of nitrogens with one attached hydrogen (secondary N) is 1. The number of nitrogens with zero attached hydrogens (tertiary/aromatic N) is 1. The van der Waals surface area contributed by atoms with Crippen LogP contribution in [0.3, 0.4) is 0 Å². The number of amides is 2. The third-order valence-electron chi connectivity index (χ3n) is 4.42. The summed E-state index contributed by atoms with van der Waals surface area (Å²) >= 11 is 0. The molecule has 0 radical (unpaired) electrons. The Morgan fingerprint density at radius 1 is 1.00 bits per heavy atom. The first kappa shape index (κ1) is 22.1. The maximum Gasteiger partial charge on any atom is 0.340 e. The van der Waals surface area contributed by atoms with Gasteiger partial charge in [0.25, 0.3) is 0 Å². The first-order valence-corrected chi connectivity index (χ1v) is 9.58. The summed E-state index contributed by atoms with van der Waals surface area (Å²) in [6.45, 7) is 9.54. The quantitative estimate of drug-likeness (QED) is 0.744. The Balaban J connectivity index is 2.17. The lowest BCUT2D eigenvalue weighted by molar-refractivity contribution is -0.120. The molecule has 6 nitrogen and oxygen atoms in total. The van der Waals surface area contributed by atoms with E-state index >= 15 is 0 Å². The predicted octanol–water partition coefficient (Wildman–Crippen LogP) is 4.15. The summed E-state index contributed by atoms with van der Waals surface area (Å²) in [4.78, 5) is 38.2. The van der Waals surface area contributed by atoms with Gasteiger partial charge in [0.1, 0.15) is 6.54 Å². The molecule has 0 bridgehead atoms. The summed E-state index contributed by atoms with van der Waals surface area (Å²) < 4.78 is 5.02. The van der Waals surface area contributed by atoms with E-state index in [2.05, 4.69) is 26.1 Å². The molecular formula is C23H28N2O4. The largest absolute Gasteiger partial charge is 0.462 e. The van der Waals surface area contributed by atoms with E-state index in [4.69, 9.17) is 4.74 Å². The maximum atomic E-state index is 12.6. The summed E-state index contributed by atoms with van der Waals surface area (Å²) in [5.74, 6) is -1.16.